The van der Waals surface area contributed by atoms with E-state index in [1.54, 1.807) is 146 Å². The maximum absolute atomic E-state index is 14.4. The van der Waals surface area contributed by atoms with Crippen molar-refractivity contribution in [1.29, 1.82) is 21.0 Å². The Morgan fingerprint density at radius 2 is 0.506 bits per heavy atom. The van der Waals surface area contributed by atoms with Crippen LogP contribution in [0.2, 0.25) is 0 Å². The largest absolute Gasteiger partial charge is 0.461 e. The van der Waals surface area contributed by atoms with Crippen molar-refractivity contribution in [1.82, 2.24) is 0 Å². The molecule has 0 aliphatic rings. The minimum atomic E-state index is -2.00. The molecule has 8 rings (SSSR count). The van der Waals surface area contributed by atoms with Crippen molar-refractivity contribution >= 4 is 46.2 Å². The number of rotatable bonds is 20. The molecular weight excluding hydrogens is 1010 g/mol. The van der Waals surface area contributed by atoms with Gasteiger partial charge in [-0.05, 0) is 22.3 Å². The van der Waals surface area contributed by atoms with Gasteiger partial charge in [-0.15, -0.1) is 0 Å². The van der Waals surface area contributed by atoms with E-state index >= 15 is 0 Å². The molecule has 0 fully saturated rings. The smallest absolute Gasteiger partial charge is 0.338 e. The summed E-state index contributed by atoms with van der Waals surface area (Å²) in [6.45, 7) is 12.8. The van der Waals surface area contributed by atoms with Gasteiger partial charge in [0.05, 0.1) is 44.5 Å². The van der Waals surface area contributed by atoms with Crippen molar-refractivity contribution in [3.05, 3.63) is 265 Å². The highest BCUT2D eigenvalue weighted by Gasteiger charge is 2.40. The summed E-state index contributed by atoms with van der Waals surface area (Å²) >= 11 is 0. The highest BCUT2D eigenvalue weighted by atomic mass is 16.6. The fourth-order valence-corrected chi connectivity index (χ4v) is 9.04. The van der Waals surface area contributed by atoms with Gasteiger partial charge < -0.3 is 18.9 Å². The maximum Gasteiger partial charge on any atom is 0.338 e. The van der Waals surface area contributed by atoms with E-state index in [1.807, 2.05) is 24.3 Å². The van der Waals surface area contributed by atoms with Gasteiger partial charge in [-0.1, -0.05) is 220 Å². The number of hydrogen-bond donors (Lipinski definition) is 0. The third-order valence-corrected chi connectivity index (χ3v) is 13.4. The molecule has 0 saturated carbocycles. The van der Waals surface area contributed by atoms with E-state index in [-0.39, 0.29) is 66.8 Å². The number of carbonyl (C=O) groups is 4. The summed E-state index contributed by atoms with van der Waals surface area (Å²) in [5.74, 6) is -4.19. The Kier molecular flexibility index (Phi) is 17.6. The number of benzene rings is 8. The van der Waals surface area contributed by atoms with Gasteiger partial charge in [0, 0.05) is 44.5 Å². The number of ether oxygens (including phenoxy) is 4. The third kappa shape index (κ3) is 12.4. The number of nitriles is 4. The van der Waals surface area contributed by atoms with Crippen LogP contribution in [0.15, 0.2) is 220 Å². The lowest BCUT2D eigenvalue weighted by molar-refractivity contribution is -0.163. The van der Waals surface area contributed by atoms with Gasteiger partial charge in [-0.3, -0.25) is 0 Å². The first kappa shape index (κ1) is 55.8. The van der Waals surface area contributed by atoms with Gasteiger partial charge in [0.2, 0.25) is 0 Å². The molecule has 12 heteroatoms. The van der Waals surface area contributed by atoms with E-state index in [9.17, 15) is 40.2 Å². The zero-order valence-electron chi connectivity index (χ0n) is 43.7. The molecule has 392 valence electrons. The fraction of sp³-hybridized carbons (Fsp3) is 0.0725. The van der Waals surface area contributed by atoms with Gasteiger partial charge >= 0.3 is 23.9 Å². The Balaban J connectivity index is 1.17. The summed E-state index contributed by atoms with van der Waals surface area (Å²) in [5, 5.41) is 41.8. The molecule has 8 aromatic rings. The molecule has 0 heterocycles. The van der Waals surface area contributed by atoms with E-state index in [2.05, 4.69) is 50.6 Å². The Morgan fingerprint density at radius 3 is 0.691 bits per heavy atom. The summed E-state index contributed by atoms with van der Waals surface area (Å²) < 4.78 is 23.9. The average Bonchev–Trinajstić information content (AvgIpc) is 3.55. The Labute approximate surface area is 468 Å². The lowest BCUT2D eigenvalue weighted by Gasteiger charge is -2.32. The zero-order chi connectivity index (χ0) is 57.5. The van der Waals surface area contributed by atoms with Crippen molar-refractivity contribution in [2.24, 2.45) is 5.41 Å². The highest BCUT2D eigenvalue weighted by Crippen LogP contribution is 2.35. The summed E-state index contributed by atoms with van der Waals surface area (Å²) in [5.41, 5.74) is 2.94. The normalized spacial score (nSPS) is 10.5. The van der Waals surface area contributed by atoms with E-state index < -0.39 is 55.7 Å². The molecule has 0 radical (unpaired) electrons. The molecule has 0 amide bonds. The van der Waals surface area contributed by atoms with Crippen LogP contribution in [0.1, 0.15) is 44.5 Å². The maximum atomic E-state index is 14.4. The minimum absolute atomic E-state index is 0.124. The van der Waals surface area contributed by atoms with Gasteiger partial charge in [0.1, 0.15) is 56.1 Å². The van der Waals surface area contributed by atoms with Gasteiger partial charge in [-0.2, -0.15) is 21.0 Å². The first-order valence-electron chi connectivity index (χ1n) is 25.1. The van der Waals surface area contributed by atoms with Crippen LogP contribution in [0.3, 0.4) is 0 Å². The summed E-state index contributed by atoms with van der Waals surface area (Å²) in [6.07, 6.45) is 0. The van der Waals surface area contributed by atoms with Crippen LogP contribution in [0, 0.1) is 50.7 Å². The molecular formula is C69H48N4O8. The van der Waals surface area contributed by atoms with Crippen LogP contribution in [0.5, 0.6) is 0 Å². The van der Waals surface area contributed by atoms with Crippen LogP contribution in [-0.2, 0) is 38.1 Å². The van der Waals surface area contributed by atoms with Crippen molar-refractivity contribution in [2.45, 2.75) is 0 Å². The molecule has 81 heavy (non-hydrogen) atoms. The SMILES string of the molecule is C=C(C(=O)OCC(COC(=O)C(=C)c1cccc(-c2ccccc2)c1C#N)(COC(=O)C(=C)c1cccc(-c2ccccc2)c1C#N)COC(=O)C(=C)c1cccc(-c2ccccc2)c1C#N)c1cccc(-c2ccccc2)c1C#N. The molecule has 12 nitrogen and oxygen atoms in total. The molecule has 0 aliphatic heterocycles. The highest BCUT2D eigenvalue weighted by molar-refractivity contribution is 6.19. The first-order chi connectivity index (χ1) is 39.3. The standard InChI is InChI=1S/C69H48N4O8/c1-45(53-29-17-33-57(61(53)37-70)49-21-9-5-10-22-49)65(74)78-41-69(42-79-66(75)46(2)54-30-18-34-58(62(54)38-71)50-23-11-6-12-24-50,43-80-67(76)47(3)55-31-19-35-59(63(55)39-72)51-25-13-7-14-26-51)44-81-68(77)48(4)56-32-20-36-60(64(56)40-73)52-27-15-8-16-28-52/h5-36H,1-4,41-44H2. The molecule has 0 atom stereocenters. The molecule has 0 aromatic heterocycles. The molecule has 0 saturated heterocycles. The Morgan fingerprint density at radius 1 is 0.309 bits per heavy atom. The molecule has 0 N–H and O–H groups in total. The first-order valence-corrected chi connectivity index (χ1v) is 25.1. The van der Waals surface area contributed by atoms with Crippen LogP contribution < -0.4 is 0 Å². The van der Waals surface area contributed by atoms with Crippen LogP contribution in [-0.4, -0.2) is 50.3 Å². The third-order valence-electron chi connectivity index (χ3n) is 13.4. The van der Waals surface area contributed by atoms with Crippen molar-refractivity contribution in [2.75, 3.05) is 26.4 Å². The summed E-state index contributed by atoms with van der Waals surface area (Å²) in [6, 6.07) is 64.5. The number of carbonyl (C=O) groups excluding carboxylic acids is 4. The lowest BCUT2D eigenvalue weighted by atomic mass is 9.90. The predicted molar refractivity (Wildman–Crippen MR) is 309 cm³/mol. The van der Waals surface area contributed by atoms with Crippen molar-refractivity contribution < 1.29 is 38.1 Å². The lowest BCUT2D eigenvalue weighted by Crippen LogP contribution is -2.44. The molecule has 0 spiro atoms. The summed E-state index contributed by atoms with van der Waals surface area (Å²) in [4.78, 5) is 57.5. The van der Waals surface area contributed by atoms with Crippen LogP contribution >= 0.6 is 0 Å². The van der Waals surface area contributed by atoms with Crippen molar-refractivity contribution in [3.63, 3.8) is 0 Å². The van der Waals surface area contributed by atoms with Crippen LogP contribution in [0.25, 0.3) is 66.8 Å². The Hall–Kier alpha value is -11.4. The number of nitrogens with zero attached hydrogens (tertiary/aromatic N) is 4. The number of hydrogen-bond acceptors (Lipinski definition) is 12. The minimum Gasteiger partial charge on any atom is -0.461 e. The van der Waals surface area contributed by atoms with E-state index in [0.717, 1.165) is 0 Å². The monoisotopic (exact) mass is 1060 g/mol. The Bertz CT molecular complexity index is 3450. The zero-order valence-corrected chi connectivity index (χ0v) is 43.7. The molecule has 8 aromatic carbocycles. The molecule has 0 unspecified atom stereocenters. The van der Waals surface area contributed by atoms with Crippen molar-refractivity contribution in [3.8, 4) is 68.8 Å². The second-order valence-electron chi connectivity index (χ2n) is 18.5. The van der Waals surface area contributed by atoms with E-state index in [0.29, 0.717) is 44.5 Å². The molecule has 0 aliphatic carbocycles. The predicted octanol–water partition coefficient (Wildman–Crippen LogP) is 13.2. The topological polar surface area (TPSA) is 200 Å². The van der Waals surface area contributed by atoms with Crippen LogP contribution in [0.4, 0.5) is 0 Å². The van der Waals surface area contributed by atoms with E-state index in [1.165, 1.54) is 24.3 Å². The molecule has 0 bridgehead atoms. The van der Waals surface area contributed by atoms with Gasteiger partial charge in [0.25, 0.3) is 0 Å². The summed E-state index contributed by atoms with van der Waals surface area (Å²) in [7, 11) is 0. The van der Waals surface area contributed by atoms with Gasteiger partial charge in [0.15, 0.2) is 0 Å². The average molecular weight is 1060 g/mol. The second kappa shape index (κ2) is 25.6. The quantitative estimate of drug-likeness (QED) is 0.0398. The number of esters is 4. The second-order valence-corrected chi connectivity index (χ2v) is 18.5. The van der Waals surface area contributed by atoms with E-state index in [4.69, 9.17) is 18.9 Å². The fourth-order valence-electron chi connectivity index (χ4n) is 9.04. The van der Waals surface area contributed by atoms with Gasteiger partial charge in [-0.25, -0.2) is 19.2 Å².